The van der Waals surface area contributed by atoms with Gasteiger partial charge in [-0.3, -0.25) is 15.4 Å². The van der Waals surface area contributed by atoms with Crippen molar-refractivity contribution in [2.45, 2.75) is 88.4 Å². The molecule has 0 aromatic heterocycles. The molecule has 1 heterocycles. The Morgan fingerprint density at radius 2 is 1.77 bits per heavy atom. The van der Waals surface area contributed by atoms with E-state index in [1.165, 1.54) is 12.8 Å². The van der Waals surface area contributed by atoms with Gasteiger partial charge in [-0.1, -0.05) is 0 Å². The molecule has 2 aliphatic carbocycles. The Hall–Kier alpha value is -1.14. The average Bonchev–Trinajstić information content (AvgIpc) is 3.51. The van der Waals surface area contributed by atoms with Gasteiger partial charge in [-0.2, -0.15) is 0 Å². The van der Waals surface area contributed by atoms with Crippen molar-refractivity contribution < 1.29 is 22.7 Å². The smallest absolute Gasteiger partial charge is 0.335 e. The van der Waals surface area contributed by atoms with E-state index in [-0.39, 0.29) is 37.4 Å². The highest BCUT2D eigenvalue weighted by molar-refractivity contribution is 5.74. The molecule has 3 rings (SSSR count). The first-order valence-electron chi connectivity index (χ1n) is 11.0. The Bertz CT molecular complexity index is 541. The Labute approximate surface area is 175 Å². The second kappa shape index (κ2) is 10.9. The summed E-state index contributed by atoms with van der Waals surface area (Å²) >= 11 is 0. The summed E-state index contributed by atoms with van der Waals surface area (Å²) in [7, 11) is 1.93. The van der Waals surface area contributed by atoms with E-state index < -0.39 is 12.5 Å². The molecule has 3 fully saturated rings. The van der Waals surface area contributed by atoms with Gasteiger partial charge in [0.2, 0.25) is 0 Å². The second-order valence-corrected chi connectivity index (χ2v) is 8.56. The summed E-state index contributed by atoms with van der Waals surface area (Å²) in [5.74, 6) is 0.657. The van der Waals surface area contributed by atoms with Crippen LogP contribution in [0, 0.1) is 5.92 Å². The molecule has 0 aromatic carbocycles. The van der Waals surface area contributed by atoms with E-state index in [4.69, 9.17) is 0 Å². The van der Waals surface area contributed by atoms with Crippen molar-refractivity contribution in [3.8, 4) is 0 Å². The molecule has 3 aliphatic rings. The van der Waals surface area contributed by atoms with Gasteiger partial charge in [-0.15, -0.1) is 13.2 Å². The number of hydrogen-bond donors (Lipinski definition) is 6. The molecule has 0 aromatic rings. The van der Waals surface area contributed by atoms with Crippen LogP contribution >= 0.6 is 0 Å². The topological polar surface area (TPSA) is 98.5 Å². The van der Waals surface area contributed by atoms with Gasteiger partial charge >= 0.3 is 12.4 Å². The predicted molar refractivity (Wildman–Crippen MR) is 106 cm³/mol. The lowest BCUT2D eigenvalue weighted by Gasteiger charge is -2.39. The van der Waals surface area contributed by atoms with Crippen molar-refractivity contribution in [2.24, 2.45) is 5.92 Å². The van der Waals surface area contributed by atoms with Crippen LogP contribution in [0.15, 0.2) is 0 Å². The maximum atomic E-state index is 12.4. The van der Waals surface area contributed by atoms with Gasteiger partial charge in [0.25, 0.3) is 0 Å². The number of rotatable bonds is 9. The lowest BCUT2D eigenvalue weighted by Crippen LogP contribution is -2.69. The first-order valence-corrected chi connectivity index (χ1v) is 11.0. The first-order chi connectivity index (χ1) is 14.3. The van der Waals surface area contributed by atoms with Gasteiger partial charge in [-0.25, -0.2) is 4.79 Å². The summed E-state index contributed by atoms with van der Waals surface area (Å²) < 4.78 is 41.1. The number of nitrogens with one attached hydrogen (secondary N) is 6. The highest BCUT2D eigenvalue weighted by Gasteiger charge is 2.38. The highest BCUT2D eigenvalue weighted by atomic mass is 19.4. The standard InChI is InChI=1S/C19H35F3N6O2/c1-23-9-2-10-24-16-11-15(12-3-4-12)26-17(27-16)28-18(29)25-13-5-7-14(8-6-13)30-19(20,21)22/h12-17,23-24,26-27H,2-11H2,1H3,(H2,25,28,29). The van der Waals surface area contributed by atoms with Crippen LogP contribution in [0.3, 0.4) is 0 Å². The summed E-state index contributed by atoms with van der Waals surface area (Å²) in [6, 6.07) is -0.102. The minimum absolute atomic E-state index is 0.119. The van der Waals surface area contributed by atoms with Crippen molar-refractivity contribution in [2.75, 3.05) is 20.1 Å². The van der Waals surface area contributed by atoms with E-state index in [0.717, 1.165) is 25.9 Å². The second-order valence-electron chi connectivity index (χ2n) is 8.56. The monoisotopic (exact) mass is 436 g/mol. The van der Waals surface area contributed by atoms with E-state index in [1.807, 2.05) is 7.05 Å². The number of amides is 2. The van der Waals surface area contributed by atoms with Gasteiger partial charge in [-0.05, 0) is 77.4 Å². The third-order valence-electron chi connectivity index (χ3n) is 6.01. The third-order valence-corrected chi connectivity index (χ3v) is 6.01. The molecule has 2 saturated carbocycles. The summed E-state index contributed by atoms with van der Waals surface area (Å²) in [6.07, 6.45) is 0.281. The fourth-order valence-electron chi connectivity index (χ4n) is 4.32. The molecule has 1 aliphatic heterocycles. The van der Waals surface area contributed by atoms with Crippen molar-refractivity contribution in [3.05, 3.63) is 0 Å². The van der Waals surface area contributed by atoms with E-state index in [1.54, 1.807) is 0 Å². The molecule has 6 N–H and O–H groups in total. The number of alkyl halides is 3. The van der Waals surface area contributed by atoms with Crippen LogP contribution < -0.4 is 31.9 Å². The molecule has 0 spiro atoms. The van der Waals surface area contributed by atoms with Gasteiger partial charge < -0.3 is 21.3 Å². The van der Waals surface area contributed by atoms with Crippen LogP contribution in [0.1, 0.15) is 51.4 Å². The zero-order chi connectivity index (χ0) is 21.6. The van der Waals surface area contributed by atoms with Crippen molar-refractivity contribution >= 4 is 6.03 Å². The lowest BCUT2D eigenvalue weighted by molar-refractivity contribution is -0.345. The van der Waals surface area contributed by atoms with Crippen molar-refractivity contribution in [1.82, 2.24) is 31.9 Å². The first kappa shape index (κ1) is 23.5. The third kappa shape index (κ3) is 8.18. The molecule has 0 radical (unpaired) electrons. The predicted octanol–water partition coefficient (Wildman–Crippen LogP) is 1.30. The zero-order valence-electron chi connectivity index (χ0n) is 17.5. The Balaban J connectivity index is 1.40. The number of halogens is 3. The Morgan fingerprint density at radius 1 is 1.03 bits per heavy atom. The number of urea groups is 1. The SMILES string of the molecule is CNCCCNC1CC(C2CC2)NC(NC(=O)NC2CCC(OC(F)(F)F)CC2)N1. The molecule has 1 saturated heterocycles. The average molecular weight is 437 g/mol. The summed E-state index contributed by atoms with van der Waals surface area (Å²) in [4.78, 5) is 12.4. The van der Waals surface area contributed by atoms with Crippen LogP contribution in [0.2, 0.25) is 0 Å². The van der Waals surface area contributed by atoms with E-state index >= 15 is 0 Å². The van der Waals surface area contributed by atoms with E-state index in [0.29, 0.717) is 24.8 Å². The molecule has 0 bridgehead atoms. The van der Waals surface area contributed by atoms with Crippen molar-refractivity contribution in [1.29, 1.82) is 0 Å². The molecule has 30 heavy (non-hydrogen) atoms. The lowest BCUT2D eigenvalue weighted by atomic mass is 9.93. The molecular formula is C19H35F3N6O2. The maximum Gasteiger partial charge on any atom is 0.522 e. The largest absolute Gasteiger partial charge is 0.522 e. The number of carbonyl (C=O) groups is 1. The van der Waals surface area contributed by atoms with Gasteiger partial charge in [0.1, 0.15) is 6.29 Å². The summed E-state index contributed by atoms with van der Waals surface area (Å²) in [6.45, 7) is 1.84. The van der Waals surface area contributed by atoms with Crippen LogP contribution in [-0.4, -0.2) is 63.2 Å². The minimum atomic E-state index is -4.60. The maximum absolute atomic E-state index is 12.4. The van der Waals surface area contributed by atoms with Crippen LogP contribution in [0.25, 0.3) is 0 Å². The molecule has 174 valence electrons. The highest BCUT2D eigenvalue weighted by Crippen LogP contribution is 2.35. The van der Waals surface area contributed by atoms with Gasteiger partial charge in [0.15, 0.2) is 0 Å². The molecule has 3 unspecified atom stereocenters. The molecular weight excluding hydrogens is 401 g/mol. The van der Waals surface area contributed by atoms with Crippen LogP contribution in [0.5, 0.6) is 0 Å². The fourth-order valence-corrected chi connectivity index (χ4v) is 4.32. The van der Waals surface area contributed by atoms with E-state index in [2.05, 4.69) is 36.6 Å². The summed E-state index contributed by atoms with van der Waals surface area (Å²) in [5, 5.41) is 19.3. The molecule has 3 atom stereocenters. The summed E-state index contributed by atoms with van der Waals surface area (Å²) in [5.41, 5.74) is 0. The van der Waals surface area contributed by atoms with Crippen LogP contribution in [-0.2, 0) is 4.74 Å². The molecule has 2 amide bonds. The van der Waals surface area contributed by atoms with Crippen molar-refractivity contribution in [3.63, 3.8) is 0 Å². The molecule has 11 heteroatoms. The number of carbonyl (C=O) groups excluding carboxylic acids is 1. The van der Waals surface area contributed by atoms with Crippen LogP contribution in [0.4, 0.5) is 18.0 Å². The number of hydrogen-bond acceptors (Lipinski definition) is 6. The quantitative estimate of drug-likeness (QED) is 0.305. The Morgan fingerprint density at radius 3 is 2.40 bits per heavy atom. The zero-order valence-corrected chi connectivity index (χ0v) is 17.5. The minimum Gasteiger partial charge on any atom is -0.335 e. The fraction of sp³-hybridized carbons (Fsp3) is 0.947. The van der Waals surface area contributed by atoms with Gasteiger partial charge in [0.05, 0.1) is 12.3 Å². The molecule has 8 nitrogen and oxygen atoms in total. The Kier molecular flexibility index (Phi) is 8.58. The number of ether oxygens (including phenoxy) is 1. The van der Waals surface area contributed by atoms with Gasteiger partial charge in [0, 0.05) is 12.1 Å². The normalized spacial score (nSPS) is 32.6. The van der Waals surface area contributed by atoms with E-state index in [9.17, 15) is 18.0 Å².